The van der Waals surface area contributed by atoms with Crippen molar-refractivity contribution in [3.05, 3.63) is 0 Å². The quantitative estimate of drug-likeness (QED) is 0.679. The summed E-state index contributed by atoms with van der Waals surface area (Å²) in [6, 6.07) is 0. The van der Waals surface area contributed by atoms with Crippen molar-refractivity contribution in [1.29, 1.82) is 0 Å². The van der Waals surface area contributed by atoms with E-state index in [1.54, 1.807) is 0 Å². The molecule has 0 aliphatic carbocycles. The second-order valence-electron chi connectivity index (χ2n) is 4.21. The maximum absolute atomic E-state index is 5.63. The smallest absolute Gasteiger partial charge is 0.282 e. The van der Waals surface area contributed by atoms with Gasteiger partial charge < -0.3 is 14.2 Å². The zero-order valence-corrected chi connectivity index (χ0v) is 9.05. The molecule has 1 rings (SSSR count). The number of hydrogen-bond donors (Lipinski definition) is 0. The fraction of sp³-hybridized carbons (Fsp3) is 1.00. The topological polar surface area (TPSA) is 27.7 Å². The van der Waals surface area contributed by atoms with Crippen molar-refractivity contribution >= 4 is 0 Å². The summed E-state index contributed by atoms with van der Waals surface area (Å²) in [6.07, 6.45) is 0.733. The van der Waals surface area contributed by atoms with Gasteiger partial charge in [-0.15, -0.1) is 0 Å². The highest BCUT2D eigenvalue weighted by Crippen LogP contribution is 2.31. The van der Waals surface area contributed by atoms with Gasteiger partial charge in [0.15, 0.2) is 0 Å². The van der Waals surface area contributed by atoms with Gasteiger partial charge in [-0.2, -0.15) is 0 Å². The van der Waals surface area contributed by atoms with Gasteiger partial charge in [0.2, 0.25) is 0 Å². The van der Waals surface area contributed by atoms with E-state index in [2.05, 4.69) is 13.8 Å². The van der Waals surface area contributed by atoms with Crippen molar-refractivity contribution in [3.8, 4) is 0 Å². The molecule has 0 atom stereocenters. The largest absolute Gasteiger partial charge is 0.328 e. The van der Waals surface area contributed by atoms with Crippen molar-refractivity contribution < 1.29 is 14.2 Å². The van der Waals surface area contributed by atoms with Gasteiger partial charge in [0.05, 0.1) is 13.2 Å². The lowest BCUT2D eigenvalue weighted by Gasteiger charge is -2.42. The van der Waals surface area contributed by atoms with Gasteiger partial charge in [-0.05, 0) is 6.92 Å². The van der Waals surface area contributed by atoms with E-state index in [1.807, 2.05) is 13.8 Å². The molecule has 0 unspecified atom stereocenters. The van der Waals surface area contributed by atoms with Crippen LogP contribution in [-0.2, 0) is 14.2 Å². The van der Waals surface area contributed by atoms with Crippen LogP contribution in [0.2, 0.25) is 0 Å². The predicted molar refractivity (Wildman–Crippen MR) is 50.3 cm³/mol. The molecule has 0 spiro atoms. The third kappa shape index (κ3) is 2.66. The number of rotatable bonds is 3. The van der Waals surface area contributed by atoms with E-state index < -0.39 is 5.97 Å². The lowest BCUT2D eigenvalue weighted by Crippen LogP contribution is -2.49. The molecule has 0 bridgehead atoms. The molecule has 1 aliphatic rings. The van der Waals surface area contributed by atoms with Gasteiger partial charge in [0, 0.05) is 18.4 Å². The highest BCUT2D eigenvalue weighted by atomic mass is 16.9. The fourth-order valence-corrected chi connectivity index (χ4v) is 1.30. The van der Waals surface area contributed by atoms with Gasteiger partial charge in [0.25, 0.3) is 5.97 Å². The summed E-state index contributed by atoms with van der Waals surface area (Å²) in [4.78, 5) is 0. The maximum atomic E-state index is 5.63. The molecule has 13 heavy (non-hydrogen) atoms. The van der Waals surface area contributed by atoms with Gasteiger partial charge >= 0.3 is 0 Å². The summed E-state index contributed by atoms with van der Waals surface area (Å²) in [5.41, 5.74) is 0.107. The molecule has 3 nitrogen and oxygen atoms in total. The van der Waals surface area contributed by atoms with Crippen LogP contribution in [0.5, 0.6) is 0 Å². The zero-order chi connectivity index (χ0) is 9.95. The van der Waals surface area contributed by atoms with Crippen LogP contribution < -0.4 is 0 Å². The van der Waals surface area contributed by atoms with Crippen molar-refractivity contribution in [2.45, 2.75) is 40.1 Å². The standard InChI is InChI=1S/C10H20O3/c1-5-10(11-6-2)12-7-9(3,4)8-13-10/h5-8H2,1-4H3. The van der Waals surface area contributed by atoms with E-state index in [9.17, 15) is 0 Å². The first kappa shape index (κ1) is 11.0. The van der Waals surface area contributed by atoms with E-state index in [0.717, 1.165) is 6.42 Å². The number of hydrogen-bond acceptors (Lipinski definition) is 3. The molecule has 0 aromatic carbocycles. The first-order chi connectivity index (χ1) is 6.04. The normalized spacial score (nSPS) is 25.8. The van der Waals surface area contributed by atoms with E-state index in [4.69, 9.17) is 14.2 Å². The average molecular weight is 188 g/mol. The Morgan fingerprint density at radius 1 is 1.15 bits per heavy atom. The van der Waals surface area contributed by atoms with Gasteiger partial charge in [-0.3, -0.25) is 0 Å². The molecule has 0 amide bonds. The van der Waals surface area contributed by atoms with E-state index in [1.165, 1.54) is 0 Å². The van der Waals surface area contributed by atoms with Crippen molar-refractivity contribution in [2.75, 3.05) is 19.8 Å². The Kier molecular flexibility index (Phi) is 3.33. The van der Waals surface area contributed by atoms with E-state index in [0.29, 0.717) is 19.8 Å². The van der Waals surface area contributed by atoms with Crippen LogP contribution in [0.25, 0.3) is 0 Å². The minimum absolute atomic E-state index is 0.107. The third-order valence-corrected chi connectivity index (χ3v) is 2.16. The Labute approximate surface area is 80.4 Å². The van der Waals surface area contributed by atoms with E-state index >= 15 is 0 Å². The molecule has 0 N–H and O–H groups in total. The molecule has 1 aliphatic heterocycles. The van der Waals surface area contributed by atoms with Crippen molar-refractivity contribution in [2.24, 2.45) is 5.41 Å². The SMILES string of the molecule is CCOC1(CC)OCC(C)(C)CO1. The Hall–Kier alpha value is -0.120. The minimum Gasteiger partial charge on any atom is -0.328 e. The second kappa shape index (κ2) is 3.95. The minimum atomic E-state index is -0.774. The third-order valence-electron chi connectivity index (χ3n) is 2.16. The fourth-order valence-electron chi connectivity index (χ4n) is 1.30. The Balaban J connectivity index is 2.52. The molecular weight excluding hydrogens is 168 g/mol. The average Bonchev–Trinajstić information content (AvgIpc) is 2.10. The summed E-state index contributed by atoms with van der Waals surface area (Å²) in [7, 11) is 0. The molecule has 0 saturated carbocycles. The van der Waals surface area contributed by atoms with Crippen LogP contribution in [0.1, 0.15) is 34.1 Å². The van der Waals surface area contributed by atoms with Crippen LogP contribution >= 0.6 is 0 Å². The van der Waals surface area contributed by atoms with Crippen molar-refractivity contribution in [1.82, 2.24) is 0 Å². The molecule has 1 heterocycles. The molecular formula is C10H20O3. The molecule has 3 heteroatoms. The lowest BCUT2D eigenvalue weighted by molar-refractivity contribution is -0.416. The Bertz CT molecular complexity index is 156. The molecule has 1 saturated heterocycles. The predicted octanol–water partition coefficient (Wildman–Crippen LogP) is 2.16. The number of ether oxygens (including phenoxy) is 3. The maximum Gasteiger partial charge on any atom is 0.282 e. The van der Waals surface area contributed by atoms with Gasteiger partial charge in [0.1, 0.15) is 0 Å². The Morgan fingerprint density at radius 2 is 1.69 bits per heavy atom. The first-order valence-corrected chi connectivity index (χ1v) is 4.95. The molecule has 1 fully saturated rings. The molecule has 0 aromatic heterocycles. The summed E-state index contributed by atoms with van der Waals surface area (Å²) >= 11 is 0. The lowest BCUT2D eigenvalue weighted by atomic mass is 9.95. The van der Waals surface area contributed by atoms with E-state index in [-0.39, 0.29) is 5.41 Å². The summed E-state index contributed by atoms with van der Waals surface area (Å²) in [6.45, 7) is 10.2. The molecule has 78 valence electrons. The Morgan fingerprint density at radius 3 is 2.08 bits per heavy atom. The summed E-state index contributed by atoms with van der Waals surface area (Å²) in [5.74, 6) is -0.774. The van der Waals surface area contributed by atoms with Crippen molar-refractivity contribution in [3.63, 3.8) is 0 Å². The second-order valence-corrected chi connectivity index (χ2v) is 4.21. The highest BCUT2D eigenvalue weighted by Gasteiger charge is 2.39. The zero-order valence-electron chi connectivity index (χ0n) is 9.05. The summed E-state index contributed by atoms with van der Waals surface area (Å²) in [5, 5.41) is 0. The monoisotopic (exact) mass is 188 g/mol. The molecule has 0 radical (unpaired) electrons. The van der Waals surface area contributed by atoms with Crippen LogP contribution in [0.3, 0.4) is 0 Å². The summed E-state index contributed by atoms with van der Waals surface area (Å²) < 4.78 is 16.7. The van der Waals surface area contributed by atoms with Crippen LogP contribution in [0, 0.1) is 5.41 Å². The van der Waals surface area contributed by atoms with Crippen LogP contribution in [-0.4, -0.2) is 25.8 Å². The molecule has 0 aromatic rings. The first-order valence-electron chi connectivity index (χ1n) is 4.95. The highest BCUT2D eigenvalue weighted by molar-refractivity contribution is 4.74. The van der Waals surface area contributed by atoms with Gasteiger partial charge in [-0.1, -0.05) is 20.8 Å². The van der Waals surface area contributed by atoms with Crippen LogP contribution in [0.4, 0.5) is 0 Å². The van der Waals surface area contributed by atoms with Crippen LogP contribution in [0.15, 0.2) is 0 Å². The van der Waals surface area contributed by atoms with Gasteiger partial charge in [-0.25, -0.2) is 0 Å².